The zero-order chi connectivity index (χ0) is 10.6. The summed E-state index contributed by atoms with van der Waals surface area (Å²) >= 11 is 0. The van der Waals surface area contributed by atoms with Crippen molar-refractivity contribution in [3.8, 4) is 0 Å². The van der Waals surface area contributed by atoms with Crippen molar-refractivity contribution in [2.45, 2.75) is 26.4 Å². The van der Waals surface area contributed by atoms with Crippen LogP contribution in [0, 0.1) is 6.92 Å². The second kappa shape index (κ2) is 4.66. The summed E-state index contributed by atoms with van der Waals surface area (Å²) in [6.45, 7) is 3.83. The van der Waals surface area contributed by atoms with E-state index >= 15 is 0 Å². The number of nitrogens with one attached hydrogen (secondary N) is 1. The first kappa shape index (κ1) is 10.6. The molecule has 0 aromatic carbocycles. The van der Waals surface area contributed by atoms with E-state index in [0.717, 1.165) is 5.69 Å². The van der Waals surface area contributed by atoms with E-state index in [1.54, 1.807) is 26.1 Å². The van der Waals surface area contributed by atoms with Crippen LogP contribution in [0.1, 0.15) is 18.4 Å². The molecule has 0 amide bonds. The van der Waals surface area contributed by atoms with E-state index in [0.29, 0.717) is 12.4 Å². The van der Waals surface area contributed by atoms with Crippen molar-refractivity contribution in [2.24, 2.45) is 0 Å². The fourth-order valence-electron chi connectivity index (χ4n) is 0.949. The zero-order valence-corrected chi connectivity index (χ0v) is 8.19. The fraction of sp³-hybridized carbons (Fsp3) is 0.444. The smallest absolute Gasteiger partial charge is 0.320 e. The minimum atomic E-state index is -0.865. The maximum atomic E-state index is 10.5. The molecule has 1 aromatic rings. The van der Waals surface area contributed by atoms with Gasteiger partial charge in [-0.1, -0.05) is 0 Å². The summed E-state index contributed by atoms with van der Waals surface area (Å²) < 4.78 is 0. The standard InChI is InChI=1S/C9H13N3O2/c1-6(9(13)14)11-5-8-3-4-10-7(2)12-8/h3-4,6,11H,5H2,1-2H3,(H,13,14). The Balaban J connectivity index is 2.49. The van der Waals surface area contributed by atoms with Crippen molar-refractivity contribution in [3.05, 3.63) is 23.8 Å². The Bertz CT molecular complexity index is 328. The summed E-state index contributed by atoms with van der Waals surface area (Å²) in [7, 11) is 0. The molecular formula is C9H13N3O2. The molecule has 0 radical (unpaired) electrons. The van der Waals surface area contributed by atoms with Gasteiger partial charge in [-0.05, 0) is 19.9 Å². The molecule has 5 heteroatoms. The third-order valence-electron chi connectivity index (χ3n) is 1.79. The van der Waals surface area contributed by atoms with E-state index in [2.05, 4.69) is 15.3 Å². The maximum absolute atomic E-state index is 10.5. The molecule has 1 aromatic heterocycles. The van der Waals surface area contributed by atoms with Crippen molar-refractivity contribution in [1.82, 2.24) is 15.3 Å². The van der Waals surface area contributed by atoms with Crippen LogP contribution in [0.2, 0.25) is 0 Å². The van der Waals surface area contributed by atoms with E-state index in [-0.39, 0.29) is 0 Å². The van der Waals surface area contributed by atoms with Crippen LogP contribution in [0.5, 0.6) is 0 Å². The molecule has 5 nitrogen and oxygen atoms in total. The summed E-state index contributed by atoms with van der Waals surface area (Å²) in [5.41, 5.74) is 0.797. The predicted octanol–water partition coefficient (Wildman–Crippen LogP) is 0.348. The summed E-state index contributed by atoms with van der Waals surface area (Å²) in [6.07, 6.45) is 1.66. The third kappa shape index (κ3) is 3.10. The Morgan fingerprint density at radius 3 is 3.00 bits per heavy atom. The SMILES string of the molecule is Cc1nccc(CNC(C)C(=O)O)n1. The quantitative estimate of drug-likeness (QED) is 0.725. The van der Waals surface area contributed by atoms with Gasteiger partial charge in [0.2, 0.25) is 0 Å². The lowest BCUT2D eigenvalue weighted by Gasteiger charge is -2.08. The first-order valence-corrected chi connectivity index (χ1v) is 4.34. The van der Waals surface area contributed by atoms with Gasteiger partial charge >= 0.3 is 5.97 Å². The molecule has 2 N–H and O–H groups in total. The van der Waals surface area contributed by atoms with Crippen LogP contribution in [0.3, 0.4) is 0 Å². The van der Waals surface area contributed by atoms with Gasteiger partial charge in [0.25, 0.3) is 0 Å². The lowest BCUT2D eigenvalue weighted by molar-refractivity contribution is -0.139. The number of aliphatic carboxylic acids is 1. The summed E-state index contributed by atoms with van der Waals surface area (Å²) in [5, 5.41) is 11.5. The van der Waals surface area contributed by atoms with Gasteiger partial charge in [-0.2, -0.15) is 0 Å². The number of hydrogen-bond acceptors (Lipinski definition) is 4. The van der Waals surface area contributed by atoms with Gasteiger partial charge in [-0.15, -0.1) is 0 Å². The highest BCUT2D eigenvalue weighted by atomic mass is 16.4. The van der Waals surface area contributed by atoms with Crippen molar-refractivity contribution in [2.75, 3.05) is 0 Å². The largest absolute Gasteiger partial charge is 0.480 e. The Hall–Kier alpha value is -1.49. The Morgan fingerprint density at radius 1 is 1.71 bits per heavy atom. The average Bonchev–Trinajstić information content (AvgIpc) is 2.14. The number of hydrogen-bond donors (Lipinski definition) is 2. The normalized spacial score (nSPS) is 12.4. The molecule has 1 rings (SSSR count). The second-order valence-corrected chi connectivity index (χ2v) is 3.04. The van der Waals surface area contributed by atoms with Crippen LogP contribution in [-0.4, -0.2) is 27.1 Å². The molecular weight excluding hydrogens is 182 g/mol. The molecule has 0 fully saturated rings. The Labute approximate surface area is 82.2 Å². The predicted molar refractivity (Wildman–Crippen MR) is 50.7 cm³/mol. The maximum Gasteiger partial charge on any atom is 0.320 e. The third-order valence-corrected chi connectivity index (χ3v) is 1.79. The van der Waals surface area contributed by atoms with Crippen molar-refractivity contribution < 1.29 is 9.90 Å². The molecule has 0 aliphatic carbocycles. The lowest BCUT2D eigenvalue weighted by atomic mass is 10.3. The molecule has 0 aliphatic rings. The number of carboxylic acid groups (broad SMARTS) is 1. The van der Waals surface area contributed by atoms with Crippen LogP contribution >= 0.6 is 0 Å². The fourth-order valence-corrected chi connectivity index (χ4v) is 0.949. The van der Waals surface area contributed by atoms with E-state index in [1.165, 1.54) is 0 Å². The Kier molecular flexibility index (Phi) is 3.53. The van der Waals surface area contributed by atoms with Crippen LogP contribution in [0.15, 0.2) is 12.3 Å². The monoisotopic (exact) mass is 195 g/mol. The molecule has 1 heterocycles. The van der Waals surface area contributed by atoms with E-state index in [1.807, 2.05) is 0 Å². The number of nitrogens with zero attached hydrogens (tertiary/aromatic N) is 2. The lowest BCUT2D eigenvalue weighted by Crippen LogP contribution is -2.33. The minimum Gasteiger partial charge on any atom is -0.480 e. The van der Waals surface area contributed by atoms with Gasteiger partial charge in [-0.3, -0.25) is 10.1 Å². The van der Waals surface area contributed by atoms with Crippen LogP contribution in [-0.2, 0) is 11.3 Å². The molecule has 1 unspecified atom stereocenters. The highest BCUT2D eigenvalue weighted by molar-refractivity contribution is 5.72. The number of rotatable bonds is 4. The molecule has 0 aliphatic heterocycles. The molecule has 14 heavy (non-hydrogen) atoms. The van der Waals surface area contributed by atoms with Gasteiger partial charge in [-0.25, -0.2) is 9.97 Å². The number of aromatic nitrogens is 2. The van der Waals surface area contributed by atoms with Crippen LogP contribution in [0.25, 0.3) is 0 Å². The summed E-state index contributed by atoms with van der Waals surface area (Å²) in [6, 6.07) is 1.19. The van der Waals surface area contributed by atoms with Gasteiger partial charge in [0, 0.05) is 12.7 Å². The first-order chi connectivity index (χ1) is 6.59. The summed E-state index contributed by atoms with van der Waals surface area (Å²) in [4.78, 5) is 18.6. The number of carboxylic acids is 1. The molecule has 0 spiro atoms. The van der Waals surface area contributed by atoms with Gasteiger partial charge in [0.1, 0.15) is 11.9 Å². The summed E-state index contributed by atoms with van der Waals surface area (Å²) in [5.74, 6) is -0.178. The van der Waals surface area contributed by atoms with Crippen LogP contribution < -0.4 is 5.32 Å². The zero-order valence-electron chi connectivity index (χ0n) is 8.19. The average molecular weight is 195 g/mol. The highest BCUT2D eigenvalue weighted by Crippen LogP contribution is 1.94. The van der Waals surface area contributed by atoms with E-state index in [4.69, 9.17) is 5.11 Å². The second-order valence-electron chi connectivity index (χ2n) is 3.04. The van der Waals surface area contributed by atoms with Gasteiger partial charge in [0.15, 0.2) is 0 Å². The molecule has 0 bridgehead atoms. The van der Waals surface area contributed by atoms with Crippen molar-refractivity contribution in [1.29, 1.82) is 0 Å². The Morgan fingerprint density at radius 2 is 2.43 bits per heavy atom. The van der Waals surface area contributed by atoms with E-state index < -0.39 is 12.0 Å². The minimum absolute atomic E-state index is 0.441. The first-order valence-electron chi connectivity index (χ1n) is 4.34. The molecule has 0 saturated carbocycles. The van der Waals surface area contributed by atoms with E-state index in [9.17, 15) is 4.79 Å². The molecule has 1 atom stereocenters. The highest BCUT2D eigenvalue weighted by Gasteiger charge is 2.09. The number of aryl methyl sites for hydroxylation is 1. The van der Waals surface area contributed by atoms with Crippen LogP contribution in [0.4, 0.5) is 0 Å². The molecule has 0 saturated heterocycles. The number of carbonyl (C=O) groups is 1. The molecule has 76 valence electrons. The van der Waals surface area contributed by atoms with Crippen molar-refractivity contribution in [3.63, 3.8) is 0 Å². The van der Waals surface area contributed by atoms with Gasteiger partial charge < -0.3 is 5.11 Å². The topological polar surface area (TPSA) is 75.1 Å². The van der Waals surface area contributed by atoms with Crippen molar-refractivity contribution >= 4 is 5.97 Å². The van der Waals surface area contributed by atoms with Gasteiger partial charge in [0.05, 0.1) is 5.69 Å².